The maximum absolute atomic E-state index is 12.5. The maximum Gasteiger partial charge on any atom is 0.315 e. The molecule has 7 heteroatoms. The lowest BCUT2D eigenvalue weighted by Crippen LogP contribution is -2.02. The number of allylic oxidation sites excluding steroid dienone is 1. The summed E-state index contributed by atoms with van der Waals surface area (Å²) < 4.78 is 4.90. The van der Waals surface area contributed by atoms with E-state index in [1.807, 2.05) is 19.1 Å². The molecule has 0 aliphatic heterocycles. The molecule has 0 saturated heterocycles. The van der Waals surface area contributed by atoms with Crippen molar-refractivity contribution in [3.05, 3.63) is 68.8 Å². The fourth-order valence-corrected chi connectivity index (χ4v) is 2.25. The number of ketones is 1. The number of benzene rings is 2. The summed E-state index contributed by atoms with van der Waals surface area (Å²) in [6.07, 6.45) is 1.22. The van der Waals surface area contributed by atoms with E-state index in [1.165, 1.54) is 19.3 Å². The van der Waals surface area contributed by atoms with Crippen molar-refractivity contribution >= 4 is 17.5 Å². The van der Waals surface area contributed by atoms with Gasteiger partial charge >= 0.3 is 5.69 Å². The van der Waals surface area contributed by atoms with Gasteiger partial charge in [-0.25, -0.2) is 0 Å². The summed E-state index contributed by atoms with van der Waals surface area (Å²) in [6.45, 7) is 1.82. The first kappa shape index (κ1) is 17.7. The molecule has 126 valence electrons. The number of nitro benzene ring substituents is 1. The lowest BCUT2D eigenvalue weighted by molar-refractivity contribution is -0.386. The number of hydrogen-bond donors (Lipinski definition) is 1. The molecule has 0 saturated carbocycles. The summed E-state index contributed by atoms with van der Waals surface area (Å²) in [6, 6.07) is 10.9. The van der Waals surface area contributed by atoms with E-state index >= 15 is 0 Å². The van der Waals surface area contributed by atoms with Crippen molar-refractivity contribution in [1.29, 1.82) is 5.26 Å². The number of aryl methyl sites for hydroxylation is 1. The van der Waals surface area contributed by atoms with Crippen LogP contribution in [0.5, 0.6) is 11.5 Å². The molecule has 1 N–H and O–H groups in total. The number of nitrogens with zero attached hydrogens (tertiary/aromatic N) is 2. The molecule has 0 radical (unpaired) electrons. The largest absolute Gasteiger partial charge is 0.500 e. The minimum absolute atomic E-state index is 0.124. The maximum atomic E-state index is 12.5. The van der Waals surface area contributed by atoms with Crippen LogP contribution in [0.25, 0.3) is 6.08 Å². The fourth-order valence-electron chi connectivity index (χ4n) is 2.25. The molecule has 0 atom stereocenters. The molecule has 0 aliphatic rings. The molecular weight excluding hydrogens is 324 g/mol. The second kappa shape index (κ2) is 7.27. The van der Waals surface area contributed by atoms with E-state index in [0.717, 1.165) is 11.6 Å². The third-order valence-corrected chi connectivity index (χ3v) is 3.45. The lowest BCUT2D eigenvalue weighted by atomic mass is 10.00. The predicted molar refractivity (Wildman–Crippen MR) is 90.4 cm³/mol. The number of aromatic hydroxyl groups is 1. The van der Waals surface area contributed by atoms with Crippen molar-refractivity contribution in [2.24, 2.45) is 0 Å². The summed E-state index contributed by atoms with van der Waals surface area (Å²) in [7, 11) is 1.25. The Kier molecular flexibility index (Phi) is 5.15. The van der Waals surface area contributed by atoms with Crippen LogP contribution in [0.4, 0.5) is 5.69 Å². The number of phenolic OH excluding ortho intramolecular Hbond substituents is 1. The zero-order valence-electron chi connectivity index (χ0n) is 13.5. The quantitative estimate of drug-likeness (QED) is 0.294. The van der Waals surface area contributed by atoms with Gasteiger partial charge in [-0.15, -0.1) is 0 Å². The van der Waals surface area contributed by atoms with E-state index in [-0.39, 0.29) is 16.9 Å². The van der Waals surface area contributed by atoms with Gasteiger partial charge in [0.1, 0.15) is 11.6 Å². The van der Waals surface area contributed by atoms with E-state index in [0.29, 0.717) is 5.56 Å². The smallest absolute Gasteiger partial charge is 0.315 e. The van der Waals surface area contributed by atoms with Gasteiger partial charge in [-0.05, 0) is 30.7 Å². The second-order valence-corrected chi connectivity index (χ2v) is 5.22. The molecule has 2 rings (SSSR count). The van der Waals surface area contributed by atoms with Crippen molar-refractivity contribution in [3.8, 4) is 17.6 Å². The molecular formula is C18H14N2O5. The minimum atomic E-state index is -0.774. The topological polar surface area (TPSA) is 113 Å². The van der Waals surface area contributed by atoms with E-state index < -0.39 is 22.1 Å². The van der Waals surface area contributed by atoms with Crippen LogP contribution in [0.3, 0.4) is 0 Å². The molecule has 0 spiro atoms. The van der Waals surface area contributed by atoms with Gasteiger partial charge in [-0.2, -0.15) is 5.26 Å². The average Bonchev–Trinajstić information content (AvgIpc) is 2.59. The third-order valence-electron chi connectivity index (χ3n) is 3.45. The van der Waals surface area contributed by atoms with Crippen LogP contribution in [0, 0.1) is 28.4 Å². The van der Waals surface area contributed by atoms with Gasteiger partial charge in [-0.1, -0.05) is 23.8 Å². The van der Waals surface area contributed by atoms with Gasteiger partial charge in [0, 0.05) is 11.6 Å². The molecule has 0 aliphatic carbocycles. The Bertz CT molecular complexity index is 926. The van der Waals surface area contributed by atoms with Crippen molar-refractivity contribution in [3.63, 3.8) is 0 Å². The highest BCUT2D eigenvalue weighted by Gasteiger charge is 2.20. The molecule has 0 amide bonds. The standard InChI is InChI=1S/C18H14N2O5/c1-11-4-3-5-13(6-11)17(21)14(10-19)7-12-8-15(20(23)24)18(22)16(9-12)25-2/h3-9,22H,1-2H3/b14-7+. The molecule has 2 aromatic rings. The Morgan fingerprint density at radius 3 is 2.64 bits per heavy atom. The average molecular weight is 338 g/mol. The minimum Gasteiger partial charge on any atom is -0.500 e. The number of nitriles is 1. The molecule has 0 heterocycles. The molecule has 7 nitrogen and oxygen atoms in total. The van der Waals surface area contributed by atoms with E-state index in [2.05, 4.69) is 0 Å². The number of carbonyl (C=O) groups is 1. The summed E-state index contributed by atoms with van der Waals surface area (Å²) >= 11 is 0. The number of ether oxygens (including phenoxy) is 1. The highest BCUT2D eigenvalue weighted by molar-refractivity contribution is 6.14. The van der Waals surface area contributed by atoms with Gasteiger partial charge in [0.05, 0.1) is 12.0 Å². The zero-order chi connectivity index (χ0) is 18.6. The molecule has 0 bridgehead atoms. The summed E-state index contributed by atoms with van der Waals surface area (Å²) in [5.41, 5.74) is 0.635. The van der Waals surface area contributed by atoms with Crippen LogP contribution in [0.2, 0.25) is 0 Å². The van der Waals surface area contributed by atoms with E-state index in [4.69, 9.17) is 4.74 Å². The van der Waals surface area contributed by atoms with Crippen LogP contribution in [0.15, 0.2) is 42.0 Å². The van der Waals surface area contributed by atoms with Gasteiger partial charge in [-0.3, -0.25) is 14.9 Å². The number of phenols is 1. The van der Waals surface area contributed by atoms with Gasteiger partial charge in [0.15, 0.2) is 5.75 Å². The Labute approximate surface area is 143 Å². The van der Waals surface area contributed by atoms with Crippen LogP contribution in [0.1, 0.15) is 21.5 Å². The monoisotopic (exact) mass is 338 g/mol. The predicted octanol–water partition coefficient (Wildman–Crippen LogP) is 3.41. The van der Waals surface area contributed by atoms with Crippen molar-refractivity contribution in [2.45, 2.75) is 6.92 Å². The number of rotatable bonds is 5. The molecule has 0 unspecified atom stereocenters. The van der Waals surface area contributed by atoms with Gasteiger partial charge < -0.3 is 9.84 Å². The molecule has 25 heavy (non-hydrogen) atoms. The van der Waals surface area contributed by atoms with Gasteiger partial charge in [0.2, 0.25) is 11.5 Å². The van der Waals surface area contributed by atoms with Crippen LogP contribution in [-0.4, -0.2) is 22.9 Å². The number of carbonyl (C=O) groups excluding carboxylic acids is 1. The first-order valence-corrected chi connectivity index (χ1v) is 7.16. The van der Waals surface area contributed by atoms with E-state index in [1.54, 1.807) is 18.2 Å². The van der Waals surface area contributed by atoms with Crippen LogP contribution >= 0.6 is 0 Å². The second-order valence-electron chi connectivity index (χ2n) is 5.22. The highest BCUT2D eigenvalue weighted by atomic mass is 16.6. The van der Waals surface area contributed by atoms with Crippen molar-refractivity contribution < 1.29 is 19.6 Å². The molecule has 2 aromatic carbocycles. The van der Waals surface area contributed by atoms with Crippen LogP contribution in [-0.2, 0) is 0 Å². The number of methoxy groups -OCH3 is 1. The Morgan fingerprint density at radius 1 is 1.36 bits per heavy atom. The summed E-state index contributed by atoms with van der Waals surface area (Å²) in [4.78, 5) is 22.7. The van der Waals surface area contributed by atoms with Crippen molar-refractivity contribution in [2.75, 3.05) is 7.11 Å². The summed E-state index contributed by atoms with van der Waals surface area (Å²) in [5, 5.41) is 30.1. The highest BCUT2D eigenvalue weighted by Crippen LogP contribution is 2.37. The molecule has 0 fully saturated rings. The number of nitro groups is 1. The van der Waals surface area contributed by atoms with Crippen molar-refractivity contribution in [1.82, 2.24) is 0 Å². The normalized spacial score (nSPS) is 10.8. The Morgan fingerprint density at radius 2 is 2.08 bits per heavy atom. The SMILES string of the molecule is COc1cc(/C=C(\C#N)C(=O)c2cccc(C)c2)cc([N+](=O)[O-])c1O. The number of Topliss-reactive ketones (excluding diaryl/α,β-unsaturated/α-hetero) is 1. The Balaban J connectivity index is 2.53. The first-order chi connectivity index (χ1) is 11.9. The first-order valence-electron chi connectivity index (χ1n) is 7.16. The third kappa shape index (κ3) is 3.82. The Hall–Kier alpha value is -3.66. The molecule has 0 aromatic heterocycles. The lowest BCUT2D eigenvalue weighted by Gasteiger charge is -2.06. The zero-order valence-corrected chi connectivity index (χ0v) is 13.5. The fraction of sp³-hybridized carbons (Fsp3) is 0.111. The number of hydrogen-bond acceptors (Lipinski definition) is 6. The van der Waals surface area contributed by atoms with Gasteiger partial charge in [0.25, 0.3) is 0 Å². The summed E-state index contributed by atoms with van der Waals surface area (Å²) in [5.74, 6) is -1.24. The van der Waals surface area contributed by atoms with E-state index in [9.17, 15) is 25.3 Å². The van der Waals surface area contributed by atoms with Crippen LogP contribution < -0.4 is 4.74 Å².